The number of anilines is 1. The van der Waals surface area contributed by atoms with E-state index in [1.54, 1.807) is 40.9 Å². The molecular weight excluding hydrogens is 345 g/mol. The minimum atomic E-state index is -0.552. The SMILES string of the molecule is Cc1ccc(N2CCN(C(=O)C(c3ccc(F)cc3)N(C)C)CC2=O)cc1. The molecule has 0 radical (unpaired) electrons. The standard InChI is InChI=1S/C21H24FN3O2/c1-15-4-10-18(11-5-15)25-13-12-24(14-19(25)26)21(27)20(23(2)3)16-6-8-17(22)9-7-16/h4-11,20H,12-14H2,1-3H3. The summed E-state index contributed by atoms with van der Waals surface area (Å²) in [7, 11) is 3.60. The zero-order chi connectivity index (χ0) is 19.6. The van der Waals surface area contributed by atoms with Crippen molar-refractivity contribution in [3.05, 3.63) is 65.5 Å². The Morgan fingerprint density at radius 1 is 1.04 bits per heavy atom. The predicted octanol–water partition coefficient (Wildman–Crippen LogP) is 2.61. The van der Waals surface area contributed by atoms with Gasteiger partial charge in [0.15, 0.2) is 0 Å². The molecule has 0 aromatic heterocycles. The topological polar surface area (TPSA) is 43.9 Å². The van der Waals surface area contributed by atoms with Crippen LogP contribution in [0.1, 0.15) is 17.2 Å². The van der Waals surface area contributed by atoms with Gasteiger partial charge in [-0.2, -0.15) is 0 Å². The first-order valence-electron chi connectivity index (χ1n) is 8.94. The van der Waals surface area contributed by atoms with Gasteiger partial charge >= 0.3 is 0 Å². The summed E-state index contributed by atoms with van der Waals surface area (Å²) in [4.78, 5) is 30.8. The lowest BCUT2D eigenvalue weighted by atomic mass is 10.0. The number of aryl methyl sites for hydroxylation is 1. The Kier molecular flexibility index (Phi) is 5.56. The lowest BCUT2D eigenvalue weighted by Crippen LogP contribution is -2.54. The first-order valence-corrected chi connectivity index (χ1v) is 8.94. The number of halogens is 1. The molecule has 0 N–H and O–H groups in total. The van der Waals surface area contributed by atoms with Crippen molar-refractivity contribution >= 4 is 17.5 Å². The van der Waals surface area contributed by atoms with E-state index in [9.17, 15) is 14.0 Å². The summed E-state index contributed by atoms with van der Waals surface area (Å²) in [6.45, 7) is 2.96. The molecule has 1 fully saturated rings. The Labute approximate surface area is 159 Å². The summed E-state index contributed by atoms with van der Waals surface area (Å²) >= 11 is 0. The van der Waals surface area contributed by atoms with E-state index in [4.69, 9.17) is 0 Å². The number of piperazine rings is 1. The predicted molar refractivity (Wildman–Crippen MR) is 103 cm³/mol. The third-order valence-electron chi connectivity index (χ3n) is 4.81. The van der Waals surface area contributed by atoms with E-state index >= 15 is 0 Å². The molecule has 2 aromatic rings. The third kappa shape index (κ3) is 4.17. The maximum Gasteiger partial charge on any atom is 0.246 e. The Morgan fingerprint density at radius 3 is 2.22 bits per heavy atom. The van der Waals surface area contributed by atoms with Crippen LogP contribution >= 0.6 is 0 Å². The van der Waals surface area contributed by atoms with E-state index in [1.165, 1.54) is 12.1 Å². The lowest BCUT2D eigenvalue weighted by molar-refractivity contribution is -0.141. The van der Waals surface area contributed by atoms with E-state index in [-0.39, 0.29) is 24.2 Å². The van der Waals surface area contributed by atoms with Crippen LogP contribution in [0.5, 0.6) is 0 Å². The van der Waals surface area contributed by atoms with Crippen molar-refractivity contribution in [3.8, 4) is 0 Å². The zero-order valence-corrected chi connectivity index (χ0v) is 15.9. The lowest BCUT2D eigenvalue weighted by Gasteiger charge is -2.37. The summed E-state index contributed by atoms with van der Waals surface area (Å²) in [5.41, 5.74) is 2.69. The molecule has 0 saturated carbocycles. The van der Waals surface area contributed by atoms with E-state index in [0.717, 1.165) is 11.3 Å². The summed E-state index contributed by atoms with van der Waals surface area (Å²) in [6, 6.07) is 13.2. The quantitative estimate of drug-likeness (QED) is 0.832. The monoisotopic (exact) mass is 369 g/mol. The first kappa shape index (κ1) is 19.0. The van der Waals surface area contributed by atoms with Crippen LogP contribution in [0, 0.1) is 12.7 Å². The molecule has 1 atom stereocenters. The number of benzene rings is 2. The number of likely N-dealkylation sites (N-methyl/N-ethyl adjacent to an activating group) is 1. The van der Waals surface area contributed by atoms with Crippen molar-refractivity contribution in [2.45, 2.75) is 13.0 Å². The number of carbonyl (C=O) groups is 2. The first-order chi connectivity index (χ1) is 12.9. The van der Waals surface area contributed by atoms with Crippen molar-refractivity contribution in [1.82, 2.24) is 9.80 Å². The van der Waals surface area contributed by atoms with Crippen LogP contribution in [0.4, 0.5) is 10.1 Å². The molecule has 1 unspecified atom stereocenters. The van der Waals surface area contributed by atoms with Crippen LogP contribution in [0.25, 0.3) is 0 Å². The number of rotatable bonds is 4. The zero-order valence-electron chi connectivity index (χ0n) is 15.9. The van der Waals surface area contributed by atoms with E-state index in [0.29, 0.717) is 18.7 Å². The van der Waals surface area contributed by atoms with Crippen molar-refractivity contribution in [2.24, 2.45) is 0 Å². The van der Waals surface area contributed by atoms with Gasteiger partial charge in [-0.05, 0) is 50.8 Å². The number of hydrogen-bond donors (Lipinski definition) is 0. The summed E-state index contributed by atoms with van der Waals surface area (Å²) < 4.78 is 13.2. The molecule has 2 amide bonds. The van der Waals surface area contributed by atoms with Gasteiger partial charge in [0.05, 0.1) is 0 Å². The van der Waals surface area contributed by atoms with Crippen LogP contribution in [-0.2, 0) is 9.59 Å². The fourth-order valence-corrected chi connectivity index (χ4v) is 3.34. The molecule has 0 aliphatic carbocycles. The second kappa shape index (κ2) is 7.88. The van der Waals surface area contributed by atoms with Gasteiger partial charge in [0.1, 0.15) is 18.4 Å². The molecule has 6 heteroatoms. The largest absolute Gasteiger partial charge is 0.330 e. The minimum absolute atomic E-state index is 0.0399. The second-order valence-electron chi connectivity index (χ2n) is 7.06. The fraction of sp³-hybridized carbons (Fsp3) is 0.333. The normalized spacial score (nSPS) is 16.0. The molecule has 27 heavy (non-hydrogen) atoms. The number of nitrogens with zero attached hydrogens (tertiary/aromatic N) is 3. The van der Waals surface area contributed by atoms with E-state index in [2.05, 4.69) is 0 Å². The molecule has 1 saturated heterocycles. The highest BCUT2D eigenvalue weighted by Gasteiger charge is 2.33. The molecule has 2 aromatic carbocycles. The molecule has 142 valence electrons. The van der Waals surface area contributed by atoms with Crippen LogP contribution in [0.3, 0.4) is 0 Å². The van der Waals surface area contributed by atoms with Crippen molar-refractivity contribution in [2.75, 3.05) is 38.6 Å². The second-order valence-corrected chi connectivity index (χ2v) is 7.06. The molecule has 0 spiro atoms. The minimum Gasteiger partial charge on any atom is -0.330 e. The molecule has 3 rings (SSSR count). The highest BCUT2D eigenvalue weighted by Crippen LogP contribution is 2.24. The Morgan fingerprint density at radius 2 is 1.67 bits per heavy atom. The average molecular weight is 369 g/mol. The Hall–Kier alpha value is -2.73. The third-order valence-corrected chi connectivity index (χ3v) is 4.81. The summed E-state index contributed by atoms with van der Waals surface area (Å²) in [5.74, 6) is -0.593. The highest BCUT2D eigenvalue weighted by atomic mass is 19.1. The van der Waals surface area contributed by atoms with Crippen LogP contribution in [0.15, 0.2) is 48.5 Å². The smallest absolute Gasteiger partial charge is 0.246 e. The van der Waals surface area contributed by atoms with Crippen molar-refractivity contribution in [3.63, 3.8) is 0 Å². The van der Waals surface area contributed by atoms with Crippen molar-refractivity contribution in [1.29, 1.82) is 0 Å². The molecule has 1 aliphatic rings. The molecule has 0 bridgehead atoms. The van der Waals surface area contributed by atoms with Gasteiger partial charge in [0, 0.05) is 18.8 Å². The molecule has 5 nitrogen and oxygen atoms in total. The molecule has 1 heterocycles. The molecule has 1 aliphatic heterocycles. The van der Waals surface area contributed by atoms with Gasteiger partial charge in [-0.25, -0.2) is 4.39 Å². The van der Waals surface area contributed by atoms with Gasteiger partial charge in [-0.3, -0.25) is 14.5 Å². The maximum atomic E-state index is 13.2. The number of amides is 2. The van der Waals surface area contributed by atoms with Crippen LogP contribution in [0.2, 0.25) is 0 Å². The number of carbonyl (C=O) groups excluding carboxylic acids is 2. The van der Waals surface area contributed by atoms with Gasteiger partial charge < -0.3 is 9.80 Å². The highest BCUT2D eigenvalue weighted by molar-refractivity contribution is 5.98. The maximum absolute atomic E-state index is 13.2. The Bertz CT molecular complexity index is 818. The number of hydrogen-bond acceptors (Lipinski definition) is 3. The van der Waals surface area contributed by atoms with E-state index in [1.807, 2.05) is 31.2 Å². The van der Waals surface area contributed by atoms with Gasteiger partial charge in [0.25, 0.3) is 0 Å². The van der Waals surface area contributed by atoms with Gasteiger partial charge in [-0.1, -0.05) is 29.8 Å². The summed E-state index contributed by atoms with van der Waals surface area (Å²) in [6.07, 6.45) is 0. The fourth-order valence-electron chi connectivity index (χ4n) is 3.34. The Balaban J connectivity index is 1.74. The van der Waals surface area contributed by atoms with Crippen LogP contribution < -0.4 is 4.90 Å². The van der Waals surface area contributed by atoms with Gasteiger partial charge in [0.2, 0.25) is 11.8 Å². The van der Waals surface area contributed by atoms with Crippen LogP contribution in [-0.4, -0.2) is 55.3 Å². The van der Waals surface area contributed by atoms with Gasteiger partial charge in [-0.15, -0.1) is 0 Å². The van der Waals surface area contributed by atoms with Crippen molar-refractivity contribution < 1.29 is 14.0 Å². The molecular formula is C21H24FN3O2. The van der Waals surface area contributed by atoms with E-state index < -0.39 is 6.04 Å². The average Bonchev–Trinajstić information content (AvgIpc) is 2.64. The summed E-state index contributed by atoms with van der Waals surface area (Å²) in [5, 5.41) is 0.